The van der Waals surface area contributed by atoms with E-state index >= 15 is 0 Å². The van der Waals surface area contributed by atoms with Crippen molar-refractivity contribution in [3.8, 4) is 0 Å². The van der Waals surface area contributed by atoms with Crippen molar-refractivity contribution < 1.29 is 8.42 Å². The van der Waals surface area contributed by atoms with Crippen LogP contribution in [0.1, 0.15) is 27.8 Å². The highest BCUT2D eigenvalue weighted by molar-refractivity contribution is 7.89. The minimum atomic E-state index is -3.45. The molecule has 1 aliphatic heterocycles. The van der Waals surface area contributed by atoms with Gasteiger partial charge in [0.05, 0.1) is 4.90 Å². The second-order valence-corrected chi connectivity index (χ2v) is 8.10. The number of nitrogens with one attached hydrogen (secondary N) is 2. The van der Waals surface area contributed by atoms with Gasteiger partial charge in [-0.3, -0.25) is 0 Å². The van der Waals surface area contributed by atoms with E-state index in [0.29, 0.717) is 11.4 Å². The number of thiophene rings is 1. The molecule has 0 unspecified atom stereocenters. The zero-order valence-corrected chi connectivity index (χ0v) is 13.5. The van der Waals surface area contributed by atoms with Crippen molar-refractivity contribution in [2.75, 3.05) is 0 Å². The predicted octanol–water partition coefficient (Wildman–Crippen LogP) is 2.39. The standard InChI is InChI=1S/C15H18N2O2S2/c1-2-13-4-5-14(20-13)10-17-21(18,19)15-6-3-11-8-16-9-12(11)7-15/h3-7,16-17H,2,8-10H2,1H3. The molecule has 0 fully saturated rings. The SMILES string of the molecule is CCc1ccc(CNS(=O)(=O)c2ccc3c(c2)CNC3)s1. The first-order valence-electron chi connectivity index (χ1n) is 6.98. The molecule has 0 spiro atoms. The predicted molar refractivity (Wildman–Crippen MR) is 84.7 cm³/mol. The Hall–Kier alpha value is -1.21. The molecule has 0 bridgehead atoms. The zero-order chi connectivity index (χ0) is 14.9. The van der Waals surface area contributed by atoms with Gasteiger partial charge in [0.1, 0.15) is 0 Å². The van der Waals surface area contributed by atoms with Gasteiger partial charge in [-0.1, -0.05) is 13.0 Å². The van der Waals surface area contributed by atoms with Crippen LogP contribution in [0, 0.1) is 0 Å². The summed E-state index contributed by atoms with van der Waals surface area (Å²) in [5, 5.41) is 3.22. The van der Waals surface area contributed by atoms with E-state index in [4.69, 9.17) is 0 Å². The molecule has 0 saturated heterocycles. The highest BCUT2D eigenvalue weighted by Gasteiger charge is 2.18. The molecule has 0 saturated carbocycles. The topological polar surface area (TPSA) is 58.2 Å². The lowest BCUT2D eigenvalue weighted by Gasteiger charge is -2.07. The summed E-state index contributed by atoms with van der Waals surface area (Å²) < 4.78 is 27.4. The first-order valence-corrected chi connectivity index (χ1v) is 9.28. The molecule has 4 nitrogen and oxygen atoms in total. The fourth-order valence-corrected chi connectivity index (χ4v) is 4.44. The first-order chi connectivity index (χ1) is 10.1. The molecule has 1 aliphatic rings. The lowest BCUT2D eigenvalue weighted by atomic mass is 10.1. The number of sulfonamides is 1. The summed E-state index contributed by atoms with van der Waals surface area (Å²) in [4.78, 5) is 2.66. The maximum absolute atomic E-state index is 12.4. The molecule has 0 radical (unpaired) electrons. The molecule has 2 heterocycles. The molecule has 0 atom stereocenters. The van der Waals surface area contributed by atoms with Crippen molar-refractivity contribution >= 4 is 21.4 Å². The Balaban J connectivity index is 1.74. The molecule has 2 N–H and O–H groups in total. The van der Waals surface area contributed by atoms with Crippen molar-refractivity contribution in [3.63, 3.8) is 0 Å². The second-order valence-electron chi connectivity index (χ2n) is 5.08. The minimum absolute atomic E-state index is 0.345. The van der Waals surface area contributed by atoms with Gasteiger partial charge in [-0.25, -0.2) is 13.1 Å². The normalized spacial score (nSPS) is 14.3. The molecule has 1 aromatic carbocycles. The van der Waals surface area contributed by atoms with E-state index in [0.717, 1.165) is 30.0 Å². The van der Waals surface area contributed by atoms with Crippen LogP contribution in [0.15, 0.2) is 35.2 Å². The molecule has 1 aromatic heterocycles. The quantitative estimate of drug-likeness (QED) is 0.889. The van der Waals surface area contributed by atoms with Gasteiger partial charge in [-0.15, -0.1) is 11.3 Å². The van der Waals surface area contributed by atoms with Gasteiger partial charge >= 0.3 is 0 Å². The molecule has 3 rings (SSSR count). The molecule has 6 heteroatoms. The van der Waals surface area contributed by atoms with E-state index < -0.39 is 10.0 Å². The molecular formula is C15H18N2O2S2. The van der Waals surface area contributed by atoms with E-state index in [1.54, 1.807) is 23.5 Å². The van der Waals surface area contributed by atoms with Crippen LogP contribution in [0.25, 0.3) is 0 Å². The molecular weight excluding hydrogens is 304 g/mol. The largest absolute Gasteiger partial charge is 0.309 e. The maximum Gasteiger partial charge on any atom is 0.240 e. The number of hydrogen-bond donors (Lipinski definition) is 2. The Morgan fingerprint density at radius 2 is 1.90 bits per heavy atom. The Labute approximate surface area is 129 Å². The molecule has 2 aromatic rings. The van der Waals surface area contributed by atoms with Gasteiger partial charge in [-0.05, 0) is 41.8 Å². The Bertz CT molecular complexity index is 751. The molecule has 112 valence electrons. The minimum Gasteiger partial charge on any atom is -0.309 e. The van der Waals surface area contributed by atoms with Crippen LogP contribution in [0.3, 0.4) is 0 Å². The Morgan fingerprint density at radius 3 is 2.67 bits per heavy atom. The molecule has 0 amide bonds. The molecule has 0 aliphatic carbocycles. The lowest BCUT2D eigenvalue weighted by molar-refractivity contribution is 0.581. The Kier molecular flexibility index (Phi) is 4.12. The highest BCUT2D eigenvalue weighted by Crippen LogP contribution is 2.21. The van der Waals surface area contributed by atoms with Gasteiger partial charge < -0.3 is 5.32 Å². The van der Waals surface area contributed by atoms with Gasteiger partial charge in [0.2, 0.25) is 10.0 Å². The van der Waals surface area contributed by atoms with Crippen LogP contribution in [0.2, 0.25) is 0 Å². The van der Waals surface area contributed by atoms with Crippen LogP contribution in [0.5, 0.6) is 0 Å². The average Bonchev–Trinajstić information content (AvgIpc) is 3.13. The summed E-state index contributed by atoms with van der Waals surface area (Å²) in [6.45, 7) is 4.00. The highest BCUT2D eigenvalue weighted by atomic mass is 32.2. The average molecular weight is 322 g/mol. The van der Waals surface area contributed by atoms with E-state index in [-0.39, 0.29) is 0 Å². The van der Waals surface area contributed by atoms with Crippen molar-refractivity contribution in [3.05, 3.63) is 51.2 Å². The van der Waals surface area contributed by atoms with Gasteiger partial charge in [-0.2, -0.15) is 0 Å². The van der Waals surface area contributed by atoms with Crippen LogP contribution in [0.4, 0.5) is 0 Å². The third kappa shape index (κ3) is 3.18. The van der Waals surface area contributed by atoms with Gasteiger partial charge in [0.15, 0.2) is 0 Å². The summed E-state index contributed by atoms with van der Waals surface area (Å²) in [5.74, 6) is 0. The van der Waals surface area contributed by atoms with Crippen molar-refractivity contribution in [1.29, 1.82) is 0 Å². The third-order valence-corrected chi connectivity index (χ3v) is 6.25. The van der Waals surface area contributed by atoms with Crippen LogP contribution < -0.4 is 10.0 Å². The smallest absolute Gasteiger partial charge is 0.240 e. The fraction of sp³-hybridized carbons (Fsp3) is 0.333. The van der Waals surface area contributed by atoms with E-state index in [1.807, 2.05) is 12.1 Å². The van der Waals surface area contributed by atoms with Crippen LogP contribution in [-0.2, 0) is 36.1 Å². The van der Waals surface area contributed by atoms with Crippen molar-refractivity contribution in [1.82, 2.24) is 10.0 Å². The molecule has 21 heavy (non-hydrogen) atoms. The van der Waals surface area contributed by atoms with E-state index in [9.17, 15) is 8.42 Å². The number of rotatable bonds is 5. The fourth-order valence-electron chi connectivity index (χ4n) is 2.40. The number of benzene rings is 1. The monoisotopic (exact) mass is 322 g/mol. The Morgan fingerprint density at radius 1 is 1.14 bits per heavy atom. The second kappa shape index (κ2) is 5.88. The van der Waals surface area contributed by atoms with Gasteiger partial charge in [0.25, 0.3) is 0 Å². The number of hydrogen-bond acceptors (Lipinski definition) is 4. The van der Waals surface area contributed by atoms with E-state index in [2.05, 4.69) is 23.0 Å². The maximum atomic E-state index is 12.4. The number of fused-ring (bicyclic) bond motifs is 1. The van der Waals surface area contributed by atoms with E-state index in [1.165, 1.54) is 10.4 Å². The third-order valence-electron chi connectivity index (χ3n) is 3.62. The summed E-state index contributed by atoms with van der Waals surface area (Å²) >= 11 is 1.65. The number of aryl methyl sites for hydroxylation is 1. The van der Waals surface area contributed by atoms with Crippen LogP contribution in [-0.4, -0.2) is 8.42 Å². The summed E-state index contributed by atoms with van der Waals surface area (Å²) in [5.41, 5.74) is 2.25. The first kappa shape index (κ1) is 14.7. The van der Waals surface area contributed by atoms with Gasteiger partial charge in [0, 0.05) is 29.4 Å². The summed E-state index contributed by atoms with van der Waals surface area (Å²) in [6.07, 6.45) is 0.981. The summed E-state index contributed by atoms with van der Waals surface area (Å²) in [7, 11) is -3.45. The van der Waals surface area contributed by atoms with Crippen LogP contribution >= 0.6 is 11.3 Å². The van der Waals surface area contributed by atoms with Crippen molar-refractivity contribution in [2.45, 2.75) is 37.9 Å². The van der Waals surface area contributed by atoms with Crippen molar-refractivity contribution in [2.24, 2.45) is 0 Å². The zero-order valence-electron chi connectivity index (χ0n) is 11.8. The lowest BCUT2D eigenvalue weighted by Crippen LogP contribution is -2.22. The summed E-state index contributed by atoms with van der Waals surface area (Å²) in [6, 6.07) is 9.38.